The van der Waals surface area contributed by atoms with Gasteiger partial charge in [0.25, 0.3) is 0 Å². The van der Waals surface area contributed by atoms with E-state index < -0.39 is 0 Å². The highest BCUT2D eigenvalue weighted by molar-refractivity contribution is 6.27. The average molecular weight is 197 g/mol. The Labute approximate surface area is 83.7 Å². The van der Waals surface area contributed by atoms with E-state index in [-0.39, 0.29) is 17.6 Å². The molecule has 0 aromatic heterocycles. The first-order valence-corrected chi connectivity index (χ1v) is 4.90. The monoisotopic (exact) mass is 196 g/mol. The van der Waals surface area contributed by atoms with Crippen molar-refractivity contribution in [1.82, 2.24) is 0 Å². The lowest BCUT2D eigenvalue weighted by atomic mass is 9.98. The Bertz CT molecular complexity index is 269. The van der Waals surface area contributed by atoms with E-state index in [1.165, 1.54) is 5.56 Å². The third kappa shape index (κ3) is 3.19. The molecule has 0 N–H and O–H groups in total. The van der Waals surface area contributed by atoms with Crippen molar-refractivity contribution in [2.45, 2.75) is 13.3 Å². The summed E-state index contributed by atoms with van der Waals surface area (Å²) in [6.45, 7) is 1.91. The van der Waals surface area contributed by atoms with Crippen LogP contribution >= 0.6 is 11.6 Å². The summed E-state index contributed by atoms with van der Waals surface area (Å²) in [6.07, 6.45) is 0.784. The number of carbonyl (C=O) groups excluding carboxylic acids is 1. The van der Waals surface area contributed by atoms with Gasteiger partial charge in [-0.1, -0.05) is 37.3 Å². The van der Waals surface area contributed by atoms with E-state index in [1.54, 1.807) is 0 Å². The molecule has 1 atom stereocenters. The summed E-state index contributed by atoms with van der Waals surface area (Å²) in [5.74, 6) is 0.263. The predicted octanol–water partition coefficient (Wildman–Crippen LogP) is 2.67. The molecule has 0 saturated carbocycles. The summed E-state index contributed by atoms with van der Waals surface area (Å²) in [4.78, 5) is 11.2. The van der Waals surface area contributed by atoms with Crippen LogP contribution in [0.4, 0.5) is 0 Å². The molecule has 0 fully saturated rings. The Kier molecular flexibility index (Phi) is 3.97. The van der Waals surface area contributed by atoms with Gasteiger partial charge in [-0.05, 0) is 12.0 Å². The van der Waals surface area contributed by atoms with E-state index >= 15 is 0 Å². The number of Topliss-reactive ketones (excluding diaryl/α,β-unsaturated/α-hetero) is 1. The second kappa shape index (κ2) is 5.03. The van der Waals surface area contributed by atoms with Crippen LogP contribution in [0.3, 0.4) is 0 Å². The van der Waals surface area contributed by atoms with Crippen LogP contribution in [0, 0.1) is 5.92 Å². The van der Waals surface area contributed by atoms with Crippen molar-refractivity contribution in [1.29, 1.82) is 0 Å². The molecule has 0 radical (unpaired) electrons. The maximum Gasteiger partial charge on any atom is 0.150 e. The molecule has 0 unspecified atom stereocenters. The molecular formula is C11H13ClO. The molecule has 1 nitrogen and oxygen atoms in total. The second-order valence-corrected chi connectivity index (χ2v) is 3.46. The minimum absolute atomic E-state index is 0.0277. The smallest absolute Gasteiger partial charge is 0.150 e. The molecule has 1 rings (SSSR count). The van der Waals surface area contributed by atoms with Crippen molar-refractivity contribution in [3.8, 4) is 0 Å². The fourth-order valence-electron chi connectivity index (χ4n) is 1.21. The van der Waals surface area contributed by atoms with E-state index in [2.05, 4.69) is 0 Å². The highest BCUT2D eigenvalue weighted by Gasteiger charge is 2.11. The fraction of sp³-hybridized carbons (Fsp3) is 0.364. The molecular weight excluding hydrogens is 184 g/mol. The van der Waals surface area contributed by atoms with E-state index in [1.807, 2.05) is 37.3 Å². The topological polar surface area (TPSA) is 17.1 Å². The maximum atomic E-state index is 11.2. The molecule has 0 aliphatic rings. The number of hydrogen-bond donors (Lipinski definition) is 0. The molecule has 1 aromatic carbocycles. The van der Waals surface area contributed by atoms with Crippen LogP contribution in [0.25, 0.3) is 0 Å². The molecule has 0 saturated heterocycles. The first-order valence-electron chi connectivity index (χ1n) is 4.36. The van der Waals surface area contributed by atoms with Crippen molar-refractivity contribution >= 4 is 17.4 Å². The molecule has 13 heavy (non-hydrogen) atoms. The van der Waals surface area contributed by atoms with Gasteiger partial charge in [0.15, 0.2) is 5.78 Å². The van der Waals surface area contributed by atoms with E-state index in [0.29, 0.717) is 0 Å². The van der Waals surface area contributed by atoms with Crippen LogP contribution in [0.1, 0.15) is 12.5 Å². The fourth-order valence-corrected chi connectivity index (χ4v) is 1.48. The molecule has 1 aromatic rings. The van der Waals surface area contributed by atoms with E-state index in [4.69, 9.17) is 11.6 Å². The zero-order valence-electron chi connectivity index (χ0n) is 7.66. The summed E-state index contributed by atoms with van der Waals surface area (Å²) in [5.41, 5.74) is 1.19. The van der Waals surface area contributed by atoms with Crippen LogP contribution in [0.2, 0.25) is 0 Å². The number of alkyl halides is 1. The zero-order chi connectivity index (χ0) is 9.68. The van der Waals surface area contributed by atoms with Gasteiger partial charge < -0.3 is 0 Å². The Morgan fingerprint density at radius 1 is 1.38 bits per heavy atom. The van der Waals surface area contributed by atoms with Crippen LogP contribution in [-0.2, 0) is 11.2 Å². The highest BCUT2D eigenvalue weighted by atomic mass is 35.5. The van der Waals surface area contributed by atoms with Gasteiger partial charge >= 0.3 is 0 Å². The Morgan fingerprint density at radius 2 is 2.00 bits per heavy atom. The third-order valence-corrected chi connectivity index (χ3v) is 2.33. The molecule has 0 aliphatic heterocycles. The Morgan fingerprint density at radius 3 is 2.54 bits per heavy atom. The number of halogens is 1. The largest absolute Gasteiger partial charge is 0.298 e. The molecule has 0 aliphatic carbocycles. The maximum absolute atomic E-state index is 11.2. The van der Waals surface area contributed by atoms with Crippen LogP contribution in [-0.4, -0.2) is 11.7 Å². The number of rotatable bonds is 4. The van der Waals surface area contributed by atoms with Crippen molar-refractivity contribution in [3.63, 3.8) is 0 Å². The highest BCUT2D eigenvalue weighted by Crippen LogP contribution is 2.09. The number of ketones is 1. The number of carbonyl (C=O) groups is 1. The zero-order valence-corrected chi connectivity index (χ0v) is 8.42. The Balaban J connectivity index is 2.55. The lowest BCUT2D eigenvalue weighted by molar-refractivity contribution is -0.119. The van der Waals surface area contributed by atoms with E-state index in [0.717, 1.165) is 6.42 Å². The summed E-state index contributed by atoms with van der Waals surface area (Å²) in [6, 6.07) is 9.98. The standard InChI is InChI=1S/C11H13ClO/c1-9(11(13)8-12)7-10-5-3-2-4-6-10/h2-6,9H,7-8H2,1H3/t9-/m0/s1. The Hall–Kier alpha value is -0.820. The van der Waals surface area contributed by atoms with Gasteiger partial charge in [0.05, 0.1) is 5.88 Å². The summed E-state index contributed by atoms with van der Waals surface area (Å²) in [5, 5.41) is 0. The van der Waals surface area contributed by atoms with Crippen LogP contribution in [0.5, 0.6) is 0 Å². The first-order chi connectivity index (χ1) is 6.24. The summed E-state index contributed by atoms with van der Waals surface area (Å²) < 4.78 is 0. The van der Waals surface area contributed by atoms with Gasteiger partial charge in [0, 0.05) is 5.92 Å². The first kappa shape index (κ1) is 10.3. The van der Waals surface area contributed by atoms with Crippen LogP contribution < -0.4 is 0 Å². The van der Waals surface area contributed by atoms with Gasteiger partial charge in [-0.15, -0.1) is 11.6 Å². The predicted molar refractivity (Wildman–Crippen MR) is 55.0 cm³/mol. The second-order valence-electron chi connectivity index (χ2n) is 3.19. The molecule has 0 spiro atoms. The third-order valence-electron chi connectivity index (χ3n) is 2.07. The van der Waals surface area contributed by atoms with Gasteiger partial charge in [0.1, 0.15) is 0 Å². The molecule has 0 bridgehead atoms. The normalized spacial score (nSPS) is 12.5. The minimum Gasteiger partial charge on any atom is -0.298 e. The van der Waals surface area contributed by atoms with Gasteiger partial charge in [0.2, 0.25) is 0 Å². The summed E-state index contributed by atoms with van der Waals surface area (Å²) in [7, 11) is 0. The molecule has 0 heterocycles. The molecule has 0 amide bonds. The molecule has 2 heteroatoms. The molecule has 70 valence electrons. The lowest BCUT2D eigenvalue weighted by Gasteiger charge is -2.07. The average Bonchev–Trinajstić information content (AvgIpc) is 2.18. The number of hydrogen-bond acceptors (Lipinski definition) is 1. The summed E-state index contributed by atoms with van der Waals surface area (Å²) >= 11 is 5.46. The SMILES string of the molecule is C[C@@H](Cc1ccccc1)C(=O)CCl. The van der Waals surface area contributed by atoms with Crippen LogP contribution in [0.15, 0.2) is 30.3 Å². The minimum atomic E-state index is 0.0277. The van der Waals surface area contributed by atoms with Gasteiger partial charge in [-0.25, -0.2) is 0 Å². The van der Waals surface area contributed by atoms with Gasteiger partial charge in [-0.2, -0.15) is 0 Å². The van der Waals surface area contributed by atoms with Crippen molar-refractivity contribution in [2.75, 3.05) is 5.88 Å². The van der Waals surface area contributed by atoms with Gasteiger partial charge in [-0.3, -0.25) is 4.79 Å². The van der Waals surface area contributed by atoms with E-state index in [9.17, 15) is 4.79 Å². The number of benzene rings is 1. The van der Waals surface area contributed by atoms with Crippen molar-refractivity contribution in [2.24, 2.45) is 5.92 Å². The quantitative estimate of drug-likeness (QED) is 0.677. The lowest BCUT2D eigenvalue weighted by Crippen LogP contribution is -2.14. The van der Waals surface area contributed by atoms with Crippen molar-refractivity contribution < 1.29 is 4.79 Å². The van der Waals surface area contributed by atoms with Crippen molar-refractivity contribution in [3.05, 3.63) is 35.9 Å².